The molecule has 0 aliphatic carbocycles. The summed E-state index contributed by atoms with van der Waals surface area (Å²) in [5.41, 5.74) is 1.77. The molecule has 0 fully saturated rings. The molecule has 1 aliphatic heterocycles. The Balaban J connectivity index is 1.65. The van der Waals surface area contributed by atoms with Crippen molar-refractivity contribution in [2.75, 3.05) is 23.1 Å². The normalized spacial score (nSPS) is 14.9. The highest BCUT2D eigenvalue weighted by Crippen LogP contribution is 2.31. The standard InChI is InChI=1S/C22H21N5O4/c1-12-6-5-7-13(10-12)23-20(29)14-11-17(28)25-19-18(14)21(30)27-22(26-19)24-15-8-3-4-9-16(15)31-2/h3-10,14H,11H2,1-2H3,(H,23,29)(H3,24,25,26,27,28,30)/t14-/m0/s1. The van der Waals surface area contributed by atoms with Crippen molar-refractivity contribution < 1.29 is 14.3 Å². The largest absolute Gasteiger partial charge is 0.495 e. The Morgan fingerprint density at radius 1 is 1.16 bits per heavy atom. The van der Waals surface area contributed by atoms with Gasteiger partial charge in [0.15, 0.2) is 0 Å². The summed E-state index contributed by atoms with van der Waals surface area (Å²) in [6, 6.07) is 14.4. The van der Waals surface area contributed by atoms with Crippen molar-refractivity contribution in [3.8, 4) is 5.75 Å². The lowest BCUT2D eigenvalue weighted by Gasteiger charge is -2.23. The average Bonchev–Trinajstić information content (AvgIpc) is 2.73. The van der Waals surface area contributed by atoms with E-state index in [0.717, 1.165) is 5.56 Å². The van der Waals surface area contributed by atoms with Gasteiger partial charge in [-0.05, 0) is 36.8 Å². The molecule has 9 nitrogen and oxygen atoms in total. The van der Waals surface area contributed by atoms with Crippen molar-refractivity contribution in [2.45, 2.75) is 19.3 Å². The zero-order chi connectivity index (χ0) is 22.0. The second-order valence-corrected chi connectivity index (χ2v) is 7.17. The van der Waals surface area contributed by atoms with Crippen LogP contribution >= 0.6 is 0 Å². The number of ether oxygens (including phenoxy) is 1. The van der Waals surface area contributed by atoms with Gasteiger partial charge in [-0.15, -0.1) is 0 Å². The number of aromatic amines is 1. The van der Waals surface area contributed by atoms with Gasteiger partial charge in [-0.1, -0.05) is 24.3 Å². The number of H-pyrrole nitrogens is 1. The number of methoxy groups -OCH3 is 1. The molecule has 0 saturated heterocycles. The van der Waals surface area contributed by atoms with Crippen LogP contribution < -0.4 is 26.2 Å². The molecule has 0 bridgehead atoms. The number of aryl methyl sites for hydroxylation is 1. The summed E-state index contributed by atoms with van der Waals surface area (Å²) in [6.45, 7) is 1.91. The predicted octanol–water partition coefficient (Wildman–Crippen LogP) is 2.90. The van der Waals surface area contributed by atoms with E-state index in [4.69, 9.17) is 4.74 Å². The maximum atomic E-state index is 12.9. The van der Waals surface area contributed by atoms with Gasteiger partial charge in [-0.25, -0.2) is 0 Å². The van der Waals surface area contributed by atoms with Crippen LogP contribution in [0, 0.1) is 6.92 Å². The van der Waals surface area contributed by atoms with E-state index in [-0.39, 0.29) is 23.8 Å². The van der Waals surface area contributed by atoms with Crippen molar-refractivity contribution in [3.63, 3.8) is 0 Å². The molecule has 0 unspecified atom stereocenters. The average molecular weight is 419 g/mol. The van der Waals surface area contributed by atoms with Crippen LogP contribution in [0.5, 0.6) is 5.75 Å². The Kier molecular flexibility index (Phi) is 5.40. The van der Waals surface area contributed by atoms with Crippen molar-refractivity contribution >= 4 is 35.0 Å². The fourth-order valence-electron chi connectivity index (χ4n) is 3.48. The van der Waals surface area contributed by atoms with E-state index >= 15 is 0 Å². The summed E-state index contributed by atoms with van der Waals surface area (Å²) in [4.78, 5) is 45.0. The second-order valence-electron chi connectivity index (χ2n) is 7.17. The number of hydrogen-bond acceptors (Lipinski definition) is 6. The number of fused-ring (bicyclic) bond motifs is 1. The third-order valence-electron chi connectivity index (χ3n) is 4.91. The fraction of sp³-hybridized carbons (Fsp3) is 0.182. The van der Waals surface area contributed by atoms with Gasteiger partial charge in [0, 0.05) is 12.1 Å². The first-order valence-corrected chi connectivity index (χ1v) is 9.66. The molecule has 4 rings (SSSR count). The molecule has 1 aliphatic rings. The number of hydrogen-bond donors (Lipinski definition) is 4. The van der Waals surface area contributed by atoms with E-state index in [1.165, 1.54) is 7.11 Å². The van der Waals surface area contributed by atoms with Gasteiger partial charge in [-0.2, -0.15) is 4.98 Å². The van der Waals surface area contributed by atoms with Crippen molar-refractivity contribution in [3.05, 3.63) is 70.0 Å². The number of amides is 2. The van der Waals surface area contributed by atoms with Crippen LogP contribution in [0.4, 0.5) is 23.1 Å². The second kappa shape index (κ2) is 8.31. The van der Waals surface area contributed by atoms with Crippen LogP contribution in [0.25, 0.3) is 0 Å². The van der Waals surface area contributed by atoms with Gasteiger partial charge in [0.2, 0.25) is 17.8 Å². The Labute approximate surface area is 177 Å². The number of nitrogens with zero attached hydrogens (tertiary/aromatic N) is 1. The van der Waals surface area contributed by atoms with Crippen LogP contribution in [0.1, 0.15) is 23.5 Å². The molecule has 158 valence electrons. The monoisotopic (exact) mass is 419 g/mol. The zero-order valence-corrected chi connectivity index (χ0v) is 17.0. The number of para-hydroxylation sites is 2. The third kappa shape index (κ3) is 4.25. The summed E-state index contributed by atoms with van der Waals surface area (Å²) in [6.07, 6.45) is -0.144. The molecular formula is C22H21N5O4. The Morgan fingerprint density at radius 2 is 1.97 bits per heavy atom. The van der Waals surface area contributed by atoms with Gasteiger partial charge in [0.05, 0.1) is 24.3 Å². The molecule has 1 aromatic heterocycles. The summed E-state index contributed by atoms with van der Waals surface area (Å²) < 4.78 is 5.29. The lowest BCUT2D eigenvalue weighted by atomic mass is 9.92. The highest BCUT2D eigenvalue weighted by atomic mass is 16.5. The van der Waals surface area contributed by atoms with Gasteiger partial charge in [0.25, 0.3) is 5.56 Å². The van der Waals surface area contributed by atoms with Crippen LogP contribution in [0.15, 0.2) is 53.3 Å². The predicted molar refractivity (Wildman–Crippen MR) is 117 cm³/mol. The zero-order valence-electron chi connectivity index (χ0n) is 17.0. The van der Waals surface area contributed by atoms with Crippen molar-refractivity contribution in [1.82, 2.24) is 9.97 Å². The molecule has 2 heterocycles. The number of rotatable bonds is 5. The van der Waals surface area contributed by atoms with E-state index in [9.17, 15) is 14.4 Å². The summed E-state index contributed by atoms with van der Waals surface area (Å²) >= 11 is 0. The number of benzene rings is 2. The number of aromatic nitrogens is 2. The molecule has 2 aromatic carbocycles. The highest BCUT2D eigenvalue weighted by molar-refractivity contribution is 6.04. The van der Waals surface area contributed by atoms with Gasteiger partial charge in [0.1, 0.15) is 11.6 Å². The summed E-state index contributed by atoms with van der Waals surface area (Å²) in [5.74, 6) is -1.06. The molecule has 31 heavy (non-hydrogen) atoms. The van der Waals surface area contributed by atoms with Crippen LogP contribution in [-0.4, -0.2) is 28.9 Å². The minimum Gasteiger partial charge on any atom is -0.495 e. The molecule has 2 amide bonds. The number of carbonyl (C=O) groups is 2. The summed E-state index contributed by atoms with van der Waals surface area (Å²) in [5, 5.41) is 8.35. The molecular weight excluding hydrogens is 398 g/mol. The quantitative estimate of drug-likeness (QED) is 0.504. The molecule has 1 atom stereocenters. The minimum absolute atomic E-state index is 0.0572. The lowest BCUT2D eigenvalue weighted by molar-refractivity contribution is -0.123. The Bertz CT molecular complexity index is 1220. The van der Waals surface area contributed by atoms with E-state index in [2.05, 4.69) is 25.9 Å². The molecule has 0 saturated carbocycles. The third-order valence-corrected chi connectivity index (χ3v) is 4.91. The number of nitrogens with one attached hydrogen (secondary N) is 4. The van der Waals surface area contributed by atoms with E-state index in [1.807, 2.05) is 31.2 Å². The van der Waals surface area contributed by atoms with Crippen molar-refractivity contribution in [2.24, 2.45) is 0 Å². The fourth-order valence-corrected chi connectivity index (χ4v) is 3.48. The highest BCUT2D eigenvalue weighted by Gasteiger charge is 2.34. The van der Waals surface area contributed by atoms with Crippen LogP contribution in [0.2, 0.25) is 0 Å². The number of carbonyl (C=O) groups excluding carboxylic acids is 2. The summed E-state index contributed by atoms with van der Waals surface area (Å²) in [7, 11) is 1.53. The SMILES string of the molecule is COc1ccccc1Nc1nc2c(c(=O)[nH]1)[C@@H](C(=O)Nc1cccc(C)c1)CC(=O)N2. The maximum absolute atomic E-state index is 12.9. The maximum Gasteiger partial charge on any atom is 0.258 e. The molecule has 9 heteroatoms. The first-order valence-electron chi connectivity index (χ1n) is 9.66. The first-order chi connectivity index (χ1) is 14.9. The molecule has 0 radical (unpaired) electrons. The number of anilines is 4. The van der Waals surface area contributed by atoms with Gasteiger partial charge in [-0.3, -0.25) is 19.4 Å². The Hall–Kier alpha value is -4.14. The van der Waals surface area contributed by atoms with Crippen LogP contribution in [0.3, 0.4) is 0 Å². The lowest BCUT2D eigenvalue weighted by Crippen LogP contribution is -2.36. The molecule has 4 N–H and O–H groups in total. The molecule has 0 spiro atoms. The van der Waals surface area contributed by atoms with E-state index in [1.54, 1.807) is 24.3 Å². The Morgan fingerprint density at radius 3 is 2.74 bits per heavy atom. The smallest absolute Gasteiger partial charge is 0.258 e. The van der Waals surface area contributed by atoms with Crippen LogP contribution in [-0.2, 0) is 9.59 Å². The van der Waals surface area contributed by atoms with E-state index < -0.39 is 23.3 Å². The van der Waals surface area contributed by atoms with Gasteiger partial charge < -0.3 is 20.7 Å². The minimum atomic E-state index is -0.958. The molecule has 3 aromatic rings. The van der Waals surface area contributed by atoms with Gasteiger partial charge >= 0.3 is 0 Å². The first kappa shape index (κ1) is 20.1. The van der Waals surface area contributed by atoms with E-state index in [0.29, 0.717) is 17.1 Å². The topological polar surface area (TPSA) is 125 Å². The van der Waals surface area contributed by atoms with Crippen molar-refractivity contribution in [1.29, 1.82) is 0 Å².